The van der Waals surface area contributed by atoms with Gasteiger partial charge in [-0.15, -0.1) is 0 Å². The Bertz CT molecular complexity index is 650. The molecule has 1 aliphatic heterocycles. The highest BCUT2D eigenvalue weighted by Crippen LogP contribution is 2.27. The quantitative estimate of drug-likeness (QED) is 0.833. The number of hydrogen-bond donors (Lipinski definition) is 2. The monoisotopic (exact) mass is 316 g/mol. The number of carbonyl (C=O) groups is 1. The SMILES string of the molecule is O=C(C(O)CCc1ccccc1)N1CC(c2cc(CO)on2)C1. The lowest BCUT2D eigenvalue weighted by Gasteiger charge is -2.39. The van der Waals surface area contributed by atoms with Crippen molar-refractivity contribution in [3.8, 4) is 0 Å². The van der Waals surface area contributed by atoms with Crippen LogP contribution in [-0.2, 0) is 17.8 Å². The minimum atomic E-state index is -0.971. The number of likely N-dealkylation sites (tertiary alicyclic amines) is 1. The van der Waals surface area contributed by atoms with Crippen molar-refractivity contribution in [2.75, 3.05) is 13.1 Å². The van der Waals surface area contributed by atoms with Crippen molar-refractivity contribution < 1.29 is 19.5 Å². The maximum atomic E-state index is 12.2. The first kappa shape index (κ1) is 15.7. The normalized spacial score (nSPS) is 16.2. The maximum absolute atomic E-state index is 12.2. The predicted octanol–water partition coefficient (Wildman–Crippen LogP) is 1.09. The van der Waals surface area contributed by atoms with Crippen molar-refractivity contribution >= 4 is 5.91 Å². The molecule has 1 amide bonds. The van der Waals surface area contributed by atoms with Crippen LogP contribution in [0.2, 0.25) is 0 Å². The van der Waals surface area contributed by atoms with E-state index in [1.165, 1.54) is 0 Å². The van der Waals surface area contributed by atoms with E-state index in [0.717, 1.165) is 11.3 Å². The number of benzene rings is 1. The zero-order chi connectivity index (χ0) is 16.2. The number of hydrogen-bond acceptors (Lipinski definition) is 5. The summed E-state index contributed by atoms with van der Waals surface area (Å²) in [5, 5.41) is 22.9. The van der Waals surface area contributed by atoms with Gasteiger partial charge in [0.1, 0.15) is 12.7 Å². The van der Waals surface area contributed by atoms with Crippen LogP contribution in [0.25, 0.3) is 0 Å². The Hall–Kier alpha value is -2.18. The lowest BCUT2D eigenvalue weighted by atomic mass is 9.95. The maximum Gasteiger partial charge on any atom is 0.251 e. The minimum absolute atomic E-state index is 0.115. The van der Waals surface area contributed by atoms with Gasteiger partial charge in [0.25, 0.3) is 5.91 Å². The van der Waals surface area contributed by atoms with Crippen molar-refractivity contribution in [3.05, 3.63) is 53.4 Å². The smallest absolute Gasteiger partial charge is 0.251 e. The summed E-state index contributed by atoms with van der Waals surface area (Å²) in [4.78, 5) is 13.8. The number of rotatable bonds is 6. The van der Waals surface area contributed by atoms with Gasteiger partial charge in [-0.2, -0.15) is 0 Å². The van der Waals surface area contributed by atoms with E-state index in [0.29, 0.717) is 31.7 Å². The van der Waals surface area contributed by atoms with E-state index in [1.54, 1.807) is 11.0 Å². The first-order valence-corrected chi connectivity index (χ1v) is 7.74. The van der Waals surface area contributed by atoms with Crippen LogP contribution in [0, 0.1) is 0 Å². The second kappa shape index (κ2) is 6.93. The zero-order valence-corrected chi connectivity index (χ0v) is 12.8. The van der Waals surface area contributed by atoms with Crippen molar-refractivity contribution in [1.29, 1.82) is 0 Å². The van der Waals surface area contributed by atoms with E-state index in [1.807, 2.05) is 30.3 Å². The molecule has 1 fully saturated rings. The molecule has 0 saturated carbocycles. The Kier molecular flexibility index (Phi) is 4.73. The van der Waals surface area contributed by atoms with Gasteiger partial charge in [-0.05, 0) is 18.4 Å². The average molecular weight is 316 g/mol. The molecule has 6 heteroatoms. The highest BCUT2D eigenvalue weighted by Gasteiger charge is 2.36. The number of aromatic nitrogens is 1. The van der Waals surface area contributed by atoms with Crippen LogP contribution in [0.5, 0.6) is 0 Å². The second-order valence-electron chi connectivity index (χ2n) is 5.86. The van der Waals surface area contributed by atoms with Gasteiger partial charge in [0.05, 0.1) is 5.69 Å². The molecule has 2 aromatic rings. The number of nitrogens with zero attached hydrogens (tertiary/aromatic N) is 2. The highest BCUT2D eigenvalue weighted by atomic mass is 16.5. The van der Waals surface area contributed by atoms with E-state index in [4.69, 9.17) is 9.63 Å². The molecule has 122 valence electrons. The van der Waals surface area contributed by atoms with Gasteiger partial charge in [-0.25, -0.2) is 0 Å². The van der Waals surface area contributed by atoms with Gasteiger partial charge < -0.3 is 19.6 Å². The highest BCUT2D eigenvalue weighted by molar-refractivity contribution is 5.81. The van der Waals surface area contributed by atoms with Crippen LogP contribution in [0.4, 0.5) is 0 Å². The molecule has 2 heterocycles. The molecule has 1 atom stereocenters. The van der Waals surface area contributed by atoms with E-state index in [-0.39, 0.29) is 18.4 Å². The van der Waals surface area contributed by atoms with Crippen LogP contribution in [0.1, 0.15) is 29.4 Å². The largest absolute Gasteiger partial charge is 0.388 e. The number of amides is 1. The molecular weight excluding hydrogens is 296 g/mol. The molecule has 23 heavy (non-hydrogen) atoms. The van der Waals surface area contributed by atoms with Crippen molar-refractivity contribution in [2.24, 2.45) is 0 Å². The average Bonchev–Trinajstić information content (AvgIpc) is 3.00. The molecule has 1 saturated heterocycles. The fourth-order valence-electron chi connectivity index (χ4n) is 2.72. The minimum Gasteiger partial charge on any atom is -0.388 e. The van der Waals surface area contributed by atoms with Gasteiger partial charge >= 0.3 is 0 Å². The summed E-state index contributed by atoms with van der Waals surface area (Å²) < 4.78 is 4.95. The van der Waals surface area contributed by atoms with Gasteiger partial charge in [0.15, 0.2) is 5.76 Å². The Morgan fingerprint density at radius 1 is 1.35 bits per heavy atom. The van der Waals surface area contributed by atoms with Gasteiger partial charge in [-0.3, -0.25) is 4.79 Å². The summed E-state index contributed by atoms with van der Waals surface area (Å²) in [6.45, 7) is 0.873. The molecule has 1 aromatic carbocycles. The van der Waals surface area contributed by atoms with Crippen molar-refractivity contribution in [3.63, 3.8) is 0 Å². The first-order valence-electron chi connectivity index (χ1n) is 7.74. The number of aryl methyl sites for hydroxylation is 1. The van der Waals surface area contributed by atoms with Crippen molar-refractivity contribution in [1.82, 2.24) is 10.1 Å². The van der Waals surface area contributed by atoms with Gasteiger partial charge in [-0.1, -0.05) is 35.5 Å². The fourth-order valence-corrected chi connectivity index (χ4v) is 2.72. The Labute approximate surface area is 134 Å². The molecule has 1 aliphatic rings. The molecule has 0 aliphatic carbocycles. The van der Waals surface area contributed by atoms with Gasteiger partial charge in [0, 0.05) is 25.1 Å². The standard InChI is InChI=1S/C17H20N2O4/c20-11-14-8-15(18-23-14)13-9-19(10-13)17(22)16(21)7-6-12-4-2-1-3-5-12/h1-5,8,13,16,20-21H,6-7,9-11H2. The Balaban J connectivity index is 1.46. The van der Waals surface area contributed by atoms with Crippen molar-refractivity contribution in [2.45, 2.75) is 31.5 Å². The molecule has 0 radical (unpaired) electrons. The Morgan fingerprint density at radius 3 is 2.74 bits per heavy atom. The molecule has 2 N–H and O–H groups in total. The first-order chi connectivity index (χ1) is 11.2. The van der Waals surface area contributed by atoms with E-state index < -0.39 is 6.10 Å². The van der Waals surface area contributed by atoms with Gasteiger partial charge in [0.2, 0.25) is 0 Å². The molecule has 0 bridgehead atoms. The number of aliphatic hydroxyl groups excluding tert-OH is 2. The van der Waals surface area contributed by atoms with E-state index >= 15 is 0 Å². The summed E-state index contributed by atoms with van der Waals surface area (Å²) in [6, 6.07) is 11.5. The van der Waals surface area contributed by atoms with Crippen LogP contribution >= 0.6 is 0 Å². The molecule has 0 spiro atoms. The lowest BCUT2D eigenvalue weighted by Crippen LogP contribution is -2.52. The van der Waals surface area contributed by atoms with Crippen LogP contribution < -0.4 is 0 Å². The summed E-state index contributed by atoms with van der Waals surface area (Å²) in [5.74, 6) is 0.306. The third kappa shape index (κ3) is 3.60. The third-order valence-electron chi connectivity index (χ3n) is 4.18. The van der Waals surface area contributed by atoms with E-state index in [2.05, 4.69) is 5.16 Å². The predicted molar refractivity (Wildman–Crippen MR) is 82.5 cm³/mol. The topological polar surface area (TPSA) is 86.8 Å². The summed E-state index contributed by atoms with van der Waals surface area (Å²) in [6.07, 6.45) is 0.123. The summed E-state index contributed by atoms with van der Waals surface area (Å²) in [5.41, 5.74) is 1.86. The Morgan fingerprint density at radius 2 is 2.09 bits per heavy atom. The molecule has 1 aromatic heterocycles. The lowest BCUT2D eigenvalue weighted by molar-refractivity contribution is -0.145. The second-order valence-corrected chi connectivity index (χ2v) is 5.86. The molecular formula is C17H20N2O4. The number of carbonyl (C=O) groups excluding carboxylic acids is 1. The van der Waals surface area contributed by atoms with E-state index in [9.17, 15) is 9.90 Å². The van der Waals surface area contributed by atoms with Crippen LogP contribution in [-0.4, -0.2) is 45.4 Å². The molecule has 1 unspecified atom stereocenters. The fraction of sp³-hybridized carbons (Fsp3) is 0.412. The summed E-state index contributed by atoms with van der Waals surface area (Å²) in [7, 11) is 0. The zero-order valence-electron chi connectivity index (χ0n) is 12.8. The van der Waals surface area contributed by atoms with Crippen LogP contribution in [0.15, 0.2) is 40.9 Å². The molecule has 3 rings (SSSR count). The van der Waals surface area contributed by atoms with Crippen LogP contribution in [0.3, 0.4) is 0 Å². The number of aliphatic hydroxyl groups is 2. The third-order valence-corrected chi connectivity index (χ3v) is 4.18. The molecule has 6 nitrogen and oxygen atoms in total. The summed E-state index contributed by atoms with van der Waals surface area (Å²) >= 11 is 0.